The maximum Gasteiger partial charge on any atom is 0.411 e. The van der Waals surface area contributed by atoms with Gasteiger partial charge in [0.05, 0.1) is 5.69 Å². The van der Waals surface area contributed by atoms with E-state index < -0.39 is 6.09 Å². The van der Waals surface area contributed by atoms with Crippen molar-refractivity contribution in [2.75, 3.05) is 11.4 Å². The molecule has 0 aliphatic carbocycles. The lowest BCUT2D eigenvalue weighted by Gasteiger charge is -2.27. The molecule has 0 atom stereocenters. The second-order valence-electron chi connectivity index (χ2n) is 4.58. The van der Waals surface area contributed by atoms with Crippen molar-refractivity contribution in [1.29, 1.82) is 0 Å². The van der Waals surface area contributed by atoms with Gasteiger partial charge in [-0.1, -0.05) is 26.0 Å². The van der Waals surface area contributed by atoms with Gasteiger partial charge in [0.25, 0.3) is 0 Å². The first-order valence-electron chi connectivity index (χ1n) is 5.73. The van der Waals surface area contributed by atoms with Crippen LogP contribution in [0.1, 0.15) is 37.3 Å². The van der Waals surface area contributed by atoms with Gasteiger partial charge in [-0.15, -0.1) is 0 Å². The molecule has 1 heterocycles. The van der Waals surface area contributed by atoms with Gasteiger partial charge >= 0.3 is 6.09 Å². The third-order valence-electron chi connectivity index (χ3n) is 3.13. The van der Waals surface area contributed by atoms with Crippen molar-refractivity contribution in [1.82, 2.24) is 0 Å². The van der Waals surface area contributed by atoms with Crippen LogP contribution in [0.4, 0.5) is 10.5 Å². The summed E-state index contributed by atoms with van der Waals surface area (Å²) in [5.41, 5.74) is 3.23. The van der Waals surface area contributed by atoms with Gasteiger partial charge in [0, 0.05) is 6.54 Å². The summed E-state index contributed by atoms with van der Waals surface area (Å²) >= 11 is 0. The average molecular weight is 219 g/mol. The zero-order chi connectivity index (χ0) is 11.7. The fourth-order valence-corrected chi connectivity index (χ4v) is 2.15. The van der Waals surface area contributed by atoms with Crippen LogP contribution in [0.25, 0.3) is 0 Å². The summed E-state index contributed by atoms with van der Waals surface area (Å²) in [6.07, 6.45) is 1.06. The van der Waals surface area contributed by atoms with Gasteiger partial charge in [-0.2, -0.15) is 0 Å². The number of nitrogens with zero attached hydrogens (tertiary/aromatic N) is 1. The summed E-state index contributed by atoms with van der Waals surface area (Å²) < 4.78 is 0. The Balaban J connectivity index is 2.44. The predicted molar refractivity (Wildman–Crippen MR) is 64.2 cm³/mol. The molecule has 0 unspecified atom stereocenters. The maximum absolute atomic E-state index is 11.1. The molecule has 1 N–H and O–H groups in total. The van der Waals surface area contributed by atoms with Crippen molar-refractivity contribution in [2.24, 2.45) is 0 Å². The zero-order valence-electron chi connectivity index (χ0n) is 9.73. The van der Waals surface area contributed by atoms with Crippen LogP contribution >= 0.6 is 0 Å². The largest absolute Gasteiger partial charge is 0.465 e. The minimum atomic E-state index is -0.846. The van der Waals surface area contributed by atoms with Gasteiger partial charge in [-0.05, 0) is 36.0 Å². The van der Waals surface area contributed by atoms with Crippen LogP contribution in [0.2, 0.25) is 0 Å². The second-order valence-corrected chi connectivity index (χ2v) is 4.58. The Kier molecular flexibility index (Phi) is 2.86. The molecule has 1 amide bonds. The van der Waals surface area contributed by atoms with Gasteiger partial charge in [-0.3, -0.25) is 4.90 Å². The van der Waals surface area contributed by atoms with E-state index in [4.69, 9.17) is 5.11 Å². The number of fused-ring (bicyclic) bond motifs is 1. The van der Waals surface area contributed by atoms with E-state index in [-0.39, 0.29) is 0 Å². The highest BCUT2D eigenvalue weighted by Crippen LogP contribution is 2.30. The molecule has 86 valence electrons. The van der Waals surface area contributed by atoms with Gasteiger partial charge < -0.3 is 5.11 Å². The molecule has 2 rings (SSSR count). The number of rotatable bonds is 1. The van der Waals surface area contributed by atoms with E-state index in [0.717, 1.165) is 24.1 Å². The molecule has 3 heteroatoms. The Bertz CT molecular complexity index is 412. The lowest BCUT2D eigenvalue weighted by atomic mass is 9.95. The number of amides is 1. The van der Waals surface area contributed by atoms with Crippen molar-refractivity contribution >= 4 is 11.8 Å². The van der Waals surface area contributed by atoms with Crippen LogP contribution in [0.3, 0.4) is 0 Å². The summed E-state index contributed by atoms with van der Waals surface area (Å²) in [5, 5.41) is 9.14. The molecule has 16 heavy (non-hydrogen) atoms. The molecule has 0 spiro atoms. The lowest BCUT2D eigenvalue weighted by molar-refractivity contribution is 0.201. The highest BCUT2D eigenvalue weighted by atomic mass is 16.4. The Labute approximate surface area is 95.7 Å². The molecular formula is C13H17NO2. The van der Waals surface area contributed by atoms with Crippen LogP contribution in [-0.4, -0.2) is 17.7 Å². The van der Waals surface area contributed by atoms with Crippen molar-refractivity contribution in [3.8, 4) is 0 Å². The van der Waals surface area contributed by atoms with Crippen LogP contribution in [-0.2, 0) is 6.42 Å². The topological polar surface area (TPSA) is 40.5 Å². The van der Waals surface area contributed by atoms with E-state index >= 15 is 0 Å². The Morgan fingerprint density at radius 2 is 2.19 bits per heavy atom. The summed E-state index contributed by atoms with van der Waals surface area (Å²) in [6, 6.07) is 6.20. The lowest BCUT2D eigenvalue weighted by Crippen LogP contribution is -2.34. The summed E-state index contributed by atoms with van der Waals surface area (Å²) in [6.45, 7) is 4.86. The third kappa shape index (κ3) is 1.90. The Hall–Kier alpha value is -1.51. The normalized spacial score (nSPS) is 15.1. The minimum Gasteiger partial charge on any atom is -0.465 e. The minimum absolute atomic E-state index is 0.433. The molecule has 0 saturated heterocycles. The molecule has 3 nitrogen and oxygen atoms in total. The predicted octanol–water partition coefficient (Wildman–Crippen LogP) is 3.24. The number of carboxylic acid groups (broad SMARTS) is 1. The first-order valence-corrected chi connectivity index (χ1v) is 5.73. The number of hydrogen-bond acceptors (Lipinski definition) is 1. The molecule has 0 aromatic heterocycles. The van der Waals surface area contributed by atoms with Crippen molar-refractivity contribution in [3.63, 3.8) is 0 Å². The Morgan fingerprint density at radius 3 is 2.81 bits per heavy atom. The summed E-state index contributed by atoms with van der Waals surface area (Å²) in [7, 11) is 0. The van der Waals surface area contributed by atoms with Crippen molar-refractivity contribution < 1.29 is 9.90 Å². The van der Waals surface area contributed by atoms with Crippen LogP contribution in [0.15, 0.2) is 18.2 Å². The van der Waals surface area contributed by atoms with Crippen LogP contribution < -0.4 is 4.90 Å². The first kappa shape index (κ1) is 11.0. The number of anilines is 1. The first-order chi connectivity index (χ1) is 7.59. The molecular weight excluding hydrogens is 202 g/mol. The highest BCUT2D eigenvalue weighted by Gasteiger charge is 2.22. The number of benzene rings is 1. The van der Waals surface area contributed by atoms with Gasteiger partial charge in [-0.25, -0.2) is 4.79 Å². The molecule has 0 saturated carbocycles. The molecule has 0 bridgehead atoms. The molecule has 1 aliphatic rings. The highest BCUT2D eigenvalue weighted by molar-refractivity contribution is 5.87. The van der Waals surface area contributed by atoms with Crippen molar-refractivity contribution in [2.45, 2.75) is 32.6 Å². The van der Waals surface area contributed by atoms with Gasteiger partial charge in [0.15, 0.2) is 0 Å². The molecule has 1 aromatic carbocycles. The maximum atomic E-state index is 11.1. The number of hydrogen-bond donors (Lipinski definition) is 1. The smallest absolute Gasteiger partial charge is 0.411 e. The average Bonchev–Trinajstić information content (AvgIpc) is 2.27. The summed E-state index contributed by atoms with van der Waals surface area (Å²) in [5.74, 6) is 0.433. The number of carbonyl (C=O) groups is 1. The monoisotopic (exact) mass is 219 g/mol. The summed E-state index contributed by atoms with van der Waals surface area (Å²) in [4.78, 5) is 12.6. The SMILES string of the molecule is CC(C)c1ccc2c(c1)N(C(=O)O)CCC2. The van der Waals surface area contributed by atoms with E-state index in [0.29, 0.717) is 12.5 Å². The molecule has 0 fully saturated rings. The Morgan fingerprint density at radius 1 is 1.44 bits per heavy atom. The molecule has 1 aromatic rings. The van der Waals surface area contributed by atoms with Gasteiger partial charge in [0.2, 0.25) is 0 Å². The second kappa shape index (κ2) is 4.16. The third-order valence-corrected chi connectivity index (χ3v) is 3.13. The standard InChI is InChI=1S/C13H17NO2/c1-9(2)11-6-5-10-4-3-7-14(13(15)16)12(10)8-11/h5-6,8-9H,3-4,7H2,1-2H3,(H,15,16). The van der Waals surface area contributed by atoms with E-state index in [2.05, 4.69) is 26.0 Å². The van der Waals surface area contributed by atoms with Crippen molar-refractivity contribution in [3.05, 3.63) is 29.3 Å². The van der Waals surface area contributed by atoms with Crippen LogP contribution in [0, 0.1) is 0 Å². The van der Waals surface area contributed by atoms with E-state index in [1.54, 1.807) is 0 Å². The van der Waals surface area contributed by atoms with E-state index in [9.17, 15) is 4.79 Å². The van der Waals surface area contributed by atoms with Crippen LogP contribution in [0.5, 0.6) is 0 Å². The van der Waals surface area contributed by atoms with E-state index in [1.165, 1.54) is 10.5 Å². The quantitative estimate of drug-likeness (QED) is 0.787. The number of aryl methyl sites for hydroxylation is 1. The zero-order valence-corrected chi connectivity index (χ0v) is 9.73. The van der Waals surface area contributed by atoms with Gasteiger partial charge in [0.1, 0.15) is 0 Å². The van der Waals surface area contributed by atoms with E-state index in [1.807, 2.05) is 6.07 Å². The molecule has 0 radical (unpaired) electrons. The fraction of sp³-hybridized carbons (Fsp3) is 0.462. The fourth-order valence-electron chi connectivity index (χ4n) is 2.15. The molecule has 1 aliphatic heterocycles.